The van der Waals surface area contributed by atoms with Gasteiger partial charge in [-0.05, 0) is 20.8 Å². The van der Waals surface area contributed by atoms with E-state index >= 15 is 0 Å². The number of aliphatic imine (C=N–C) groups is 1. The third kappa shape index (κ3) is 6.00. The highest BCUT2D eigenvalue weighted by molar-refractivity contribution is 14.0. The van der Waals surface area contributed by atoms with Crippen LogP contribution in [-0.4, -0.2) is 38.8 Å². The first-order chi connectivity index (χ1) is 11.1. The normalized spacial score (nSPS) is 11.2. The molecule has 2 N–H and O–H groups in total. The topological polar surface area (TPSA) is 80.0 Å². The maximum atomic E-state index is 4.60. The van der Waals surface area contributed by atoms with Gasteiger partial charge in [0, 0.05) is 30.9 Å². The van der Waals surface area contributed by atoms with Gasteiger partial charge in [0.05, 0.1) is 12.2 Å². The molecule has 0 bridgehead atoms. The molecule has 0 unspecified atom stereocenters. The molecule has 9 heteroatoms. The molecular weight excluding hydrogens is 437 g/mol. The minimum absolute atomic E-state index is 0. The molecule has 24 heavy (non-hydrogen) atoms. The van der Waals surface area contributed by atoms with Crippen molar-refractivity contribution in [2.24, 2.45) is 4.99 Å². The van der Waals surface area contributed by atoms with E-state index in [0.29, 0.717) is 6.54 Å². The van der Waals surface area contributed by atoms with Gasteiger partial charge in [-0.25, -0.2) is 9.98 Å². The number of thiazole rings is 1. The molecule has 7 nitrogen and oxygen atoms in total. The molecule has 2 rings (SSSR count). The Morgan fingerprint density at radius 3 is 2.71 bits per heavy atom. The van der Waals surface area contributed by atoms with E-state index in [1.807, 2.05) is 6.92 Å². The standard InChI is InChI=1S/C15H25N7S.HI/c1-5-13-21-19-10-22(13)8-7-17-15(16-6-2)18-9-14-20-11(3)12(4)23-14;/h10H,5-9H2,1-4H3,(H2,16,17,18);1H. The van der Waals surface area contributed by atoms with Crippen LogP contribution in [0.2, 0.25) is 0 Å². The lowest BCUT2D eigenvalue weighted by atomic mass is 10.4. The Kier molecular flexibility index (Phi) is 9.19. The molecule has 0 aromatic carbocycles. The van der Waals surface area contributed by atoms with Crippen molar-refractivity contribution in [1.82, 2.24) is 30.4 Å². The fourth-order valence-electron chi connectivity index (χ4n) is 2.13. The first kappa shape index (κ1) is 20.8. The summed E-state index contributed by atoms with van der Waals surface area (Å²) in [6, 6.07) is 0. The van der Waals surface area contributed by atoms with E-state index in [1.165, 1.54) is 4.88 Å². The van der Waals surface area contributed by atoms with Crippen molar-refractivity contribution < 1.29 is 0 Å². The summed E-state index contributed by atoms with van der Waals surface area (Å²) in [4.78, 5) is 10.4. The van der Waals surface area contributed by atoms with Crippen LogP contribution in [0.4, 0.5) is 0 Å². The van der Waals surface area contributed by atoms with Crippen LogP contribution in [0.3, 0.4) is 0 Å². The van der Waals surface area contributed by atoms with E-state index in [-0.39, 0.29) is 24.0 Å². The lowest BCUT2D eigenvalue weighted by Gasteiger charge is -2.11. The van der Waals surface area contributed by atoms with Gasteiger partial charge in [0.2, 0.25) is 0 Å². The highest BCUT2D eigenvalue weighted by Crippen LogP contribution is 2.16. The van der Waals surface area contributed by atoms with E-state index < -0.39 is 0 Å². The van der Waals surface area contributed by atoms with Crippen molar-refractivity contribution in [3.05, 3.63) is 27.7 Å². The molecule has 0 atom stereocenters. The second kappa shape index (κ2) is 10.6. The molecule has 2 heterocycles. The quantitative estimate of drug-likeness (QED) is 0.374. The van der Waals surface area contributed by atoms with Crippen LogP contribution in [0.5, 0.6) is 0 Å². The molecule has 0 aliphatic carbocycles. The number of nitrogens with one attached hydrogen (secondary N) is 2. The number of rotatable bonds is 7. The van der Waals surface area contributed by atoms with Gasteiger partial charge >= 0.3 is 0 Å². The van der Waals surface area contributed by atoms with Gasteiger partial charge in [-0.1, -0.05) is 6.92 Å². The maximum Gasteiger partial charge on any atom is 0.191 e. The van der Waals surface area contributed by atoms with E-state index in [0.717, 1.165) is 48.5 Å². The average Bonchev–Trinajstić information content (AvgIpc) is 3.11. The van der Waals surface area contributed by atoms with Gasteiger partial charge in [0.1, 0.15) is 17.2 Å². The molecule has 0 aliphatic heterocycles. The fourth-order valence-corrected chi connectivity index (χ4v) is 2.99. The zero-order valence-electron chi connectivity index (χ0n) is 14.7. The highest BCUT2D eigenvalue weighted by Gasteiger charge is 2.05. The Morgan fingerprint density at radius 1 is 1.29 bits per heavy atom. The number of guanidine groups is 1. The summed E-state index contributed by atoms with van der Waals surface area (Å²) in [5, 5.41) is 15.7. The van der Waals surface area contributed by atoms with Crippen LogP contribution in [0, 0.1) is 13.8 Å². The molecule has 0 amide bonds. The second-order valence-electron chi connectivity index (χ2n) is 5.17. The minimum atomic E-state index is 0. The van der Waals surface area contributed by atoms with Gasteiger partial charge in [-0.3, -0.25) is 0 Å². The third-order valence-corrected chi connectivity index (χ3v) is 4.50. The predicted octanol–water partition coefficient (Wildman–Crippen LogP) is 2.29. The van der Waals surface area contributed by atoms with E-state index in [4.69, 9.17) is 0 Å². The molecule has 0 saturated heterocycles. The molecule has 0 aliphatic rings. The number of hydrogen-bond acceptors (Lipinski definition) is 5. The molecule has 134 valence electrons. The maximum absolute atomic E-state index is 4.60. The average molecular weight is 463 g/mol. The monoisotopic (exact) mass is 463 g/mol. The number of halogens is 1. The number of hydrogen-bond donors (Lipinski definition) is 2. The summed E-state index contributed by atoms with van der Waals surface area (Å²) in [5.41, 5.74) is 1.10. The zero-order valence-corrected chi connectivity index (χ0v) is 17.8. The molecule has 2 aromatic heterocycles. The van der Waals surface area contributed by atoms with Crippen molar-refractivity contribution in [1.29, 1.82) is 0 Å². The summed E-state index contributed by atoms with van der Waals surface area (Å²) < 4.78 is 2.06. The summed E-state index contributed by atoms with van der Waals surface area (Å²) >= 11 is 1.71. The SMILES string of the molecule is CCNC(=NCc1nc(C)c(C)s1)NCCn1cnnc1CC.I. The Bertz CT molecular complexity index is 631. The Labute approximate surface area is 164 Å². The van der Waals surface area contributed by atoms with Gasteiger partial charge < -0.3 is 15.2 Å². The minimum Gasteiger partial charge on any atom is -0.357 e. The van der Waals surface area contributed by atoms with Crippen molar-refractivity contribution in [2.45, 2.75) is 47.2 Å². The molecule has 2 aromatic rings. The third-order valence-electron chi connectivity index (χ3n) is 3.45. The van der Waals surface area contributed by atoms with Gasteiger partial charge in [0.15, 0.2) is 5.96 Å². The first-order valence-electron chi connectivity index (χ1n) is 7.95. The van der Waals surface area contributed by atoms with Gasteiger partial charge in [-0.2, -0.15) is 0 Å². The van der Waals surface area contributed by atoms with Crippen LogP contribution < -0.4 is 10.6 Å². The number of nitrogens with zero attached hydrogens (tertiary/aromatic N) is 5. The van der Waals surface area contributed by atoms with Crippen molar-refractivity contribution in [2.75, 3.05) is 13.1 Å². The molecule has 0 radical (unpaired) electrons. The van der Waals surface area contributed by atoms with Crippen LogP contribution in [0.15, 0.2) is 11.3 Å². The number of aryl methyl sites for hydroxylation is 3. The summed E-state index contributed by atoms with van der Waals surface area (Å²) in [7, 11) is 0. The van der Waals surface area contributed by atoms with Crippen LogP contribution in [0.25, 0.3) is 0 Å². The largest absolute Gasteiger partial charge is 0.357 e. The Hall–Kier alpha value is -1.23. The summed E-state index contributed by atoms with van der Waals surface area (Å²) in [5.74, 6) is 1.81. The van der Waals surface area contributed by atoms with Crippen molar-refractivity contribution in [3.63, 3.8) is 0 Å². The molecule has 0 spiro atoms. The molecule has 0 saturated carbocycles. The smallest absolute Gasteiger partial charge is 0.191 e. The van der Waals surface area contributed by atoms with Crippen molar-refractivity contribution >= 4 is 41.3 Å². The van der Waals surface area contributed by atoms with Crippen LogP contribution >= 0.6 is 35.3 Å². The van der Waals surface area contributed by atoms with Gasteiger partial charge in [0.25, 0.3) is 0 Å². The Morgan fingerprint density at radius 2 is 2.08 bits per heavy atom. The van der Waals surface area contributed by atoms with Gasteiger partial charge in [-0.15, -0.1) is 45.5 Å². The molecule has 0 fully saturated rings. The van der Waals surface area contributed by atoms with E-state index in [1.54, 1.807) is 17.7 Å². The summed E-state index contributed by atoms with van der Waals surface area (Å²) in [6.07, 6.45) is 2.66. The highest BCUT2D eigenvalue weighted by atomic mass is 127. The van der Waals surface area contributed by atoms with E-state index in [9.17, 15) is 0 Å². The molecular formula is C15H26IN7S. The van der Waals surface area contributed by atoms with Crippen LogP contribution in [0.1, 0.15) is 35.3 Å². The zero-order chi connectivity index (χ0) is 16.7. The van der Waals surface area contributed by atoms with Crippen molar-refractivity contribution in [3.8, 4) is 0 Å². The second-order valence-corrected chi connectivity index (χ2v) is 6.45. The van der Waals surface area contributed by atoms with E-state index in [2.05, 4.69) is 56.1 Å². The Balaban J connectivity index is 0.00000288. The summed E-state index contributed by atoms with van der Waals surface area (Å²) in [6.45, 7) is 11.3. The lowest BCUT2D eigenvalue weighted by Crippen LogP contribution is -2.38. The first-order valence-corrected chi connectivity index (χ1v) is 8.77. The number of aromatic nitrogens is 4. The van der Waals surface area contributed by atoms with Crippen LogP contribution in [-0.2, 0) is 19.5 Å². The fraction of sp³-hybridized carbons (Fsp3) is 0.600. The lowest BCUT2D eigenvalue weighted by molar-refractivity contribution is 0.632. The predicted molar refractivity (Wildman–Crippen MR) is 109 cm³/mol.